The third kappa shape index (κ3) is 5.18. The van der Waals surface area contributed by atoms with E-state index in [-0.39, 0.29) is 11.2 Å². The Morgan fingerprint density at radius 1 is 1.33 bits per heavy atom. The molecule has 0 spiro atoms. The van der Waals surface area contributed by atoms with Crippen molar-refractivity contribution in [2.45, 2.75) is 30.8 Å². The van der Waals surface area contributed by atoms with Gasteiger partial charge in [-0.25, -0.2) is 0 Å². The average molecular weight is 390 g/mol. The van der Waals surface area contributed by atoms with E-state index in [1.165, 1.54) is 0 Å². The van der Waals surface area contributed by atoms with Crippen LogP contribution in [0.4, 0.5) is 13.2 Å². The predicted octanol–water partition coefficient (Wildman–Crippen LogP) is 5.63. The molecule has 0 radical (unpaired) electrons. The van der Waals surface area contributed by atoms with Crippen LogP contribution in [0.5, 0.6) is 5.75 Å². The number of benzene rings is 1. The Labute approximate surface area is 121 Å². The van der Waals surface area contributed by atoms with Gasteiger partial charge in [0.15, 0.2) is 0 Å². The fourth-order valence-electron chi connectivity index (χ4n) is 1.46. The number of alkyl halides is 4. The van der Waals surface area contributed by atoms with E-state index in [4.69, 9.17) is 4.74 Å². The van der Waals surface area contributed by atoms with Gasteiger partial charge in [0, 0.05) is 15.7 Å². The second-order valence-corrected chi connectivity index (χ2v) is 5.70. The second kappa shape index (κ2) is 6.80. The van der Waals surface area contributed by atoms with Crippen molar-refractivity contribution in [2.75, 3.05) is 6.61 Å². The van der Waals surface area contributed by atoms with Gasteiger partial charge in [0.25, 0.3) is 0 Å². The quantitative estimate of drug-likeness (QED) is 0.593. The number of halogens is 5. The van der Waals surface area contributed by atoms with Crippen molar-refractivity contribution >= 4 is 31.9 Å². The number of hydrogen-bond donors (Lipinski definition) is 0. The molecule has 0 bridgehead atoms. The van der Waals surface area contributed by atoms with Crippen molar-refractivity contribution in [3.63, 3.8) is 0 Å². The SMILES string of the molecule is CCOc1ccc(C(Br)CCC(F)(F)F)c(Br)c1. The molecule has 102 valence electrons. The Balaban J connectivity index is 2.71. The van der Waals surface area contributed by atoms with Crippen molar-refractivity contribution in [3.05, 3.63) is 28.2 Å². The first-order valence-electron chi connectivity index (χ1n) is 5.46. The van der Waals surface area contributed by atoms with E-state index in [1.807, 2.05) is 6.92 Å². The molecule has 6 heteroatoms. The van der Waals surface area contributed by atoms with Crippen molar-refractivity contribution in [1.29, 1.82) is 0 Å². The largest absolute Gasteiger partial charge is 0.494 e. The summed E-state index contributed by atoms with van der Waals surface area (Å²) in [6.07, 6.45) is -4.91. The maximum Gasteiger partial charge on any atom is 0.389 e. The summed E-state index contributed by atoms with van der Waals surface area (Å²) in [7, 11) is 0. The zero-order chi connectivity index (χ0) is 13.8. The van der Waals surface area contributed by atoms with Crippen LogP contribution >= 0.6 is 31.9 Å². The van der Waals surface area contributed by atoms with Gasteiger partial charge >= 0.3 is 6.18 Å². The van der Waals surface area contributed by atoms with Crippen molar-refractivity contribution in [2.24, 2.45) is 0 Å². The van der Waals surface area contributed by atoms with Crippen LogP contribution in [-0.4, -0.2) is 12.8 Å². The third-order valence-corrected chi connectivity index (χ3v) is 3.94. The van der Waals surface area contributed by atoms with E-state index in [2.05, 4.69) is 31.9 Å². The van der Waals surface area contributed by atoms with Gasteiger partial charge in [-0.1, -0.05) is 37.9 Å². The standard InChI is InChI=1S/C12H13Br2F3O/c1-2-18-8-3-4-9(11(14)7-8)10(13)5-6-12(15,16)17/h3-4,7,10H,2,5-6H2,1H3. The zero-order valence-electron chi connectivity index (χ0n) is 9.73. The van der Waals surface area contributed by atoms with Gasteiger partial charge in [0.2, 0.25) is 0 Å². The van der Waals surface area contributed by atoms with Crippen molar-refractivity contribution in [3.8, 4) is 5.75 Å². The summed E-state index contributed by atoms with van der Waals surface area (Å²) in [6, 6.07) is 5.29. The maximum atomic E-state index is 12.1. The fourth-order valence-corrected chi connectivity index (χ4v) is 3.03. The lowest BCUT2D eigenvalue weighted by atomic mass is 10.1. The van der Waals surface area contributed by atoms with Crippen LogP contribution in [0.2, 0.25) is 0 Å². The molecule has 1 atom stereocenters. The lowest BCUT2D eigenvalue weighted by Crippen LogP contribution is -2.08. The molecule has 0 fully saturated rings. The Bertz CT molecular complexity index is 393. The molecular formula is C12H13Br2F3O. The molecule has 0 heterocycles. The molecule has 0 aromatic heterocycles. The minimum absolute atomic E-state index is 0.0100. The smallest absolute Gasteiger partial charge is 0.389 e. The number of ether oxygens (including phenoxy) is 1. The van der Waals surface area contributed by atoms with E-state index in [9.17, 15) is 13.2 Å². The molecule has 1 aromatic carbocycles. The van der Waals surface area contributed by atoms with Gasteiger partial charge in [-0.2, -0.15) is 13.2 Å². The van der Waals surface area contributed by atoms with Crippen LogP contribution in [0, 0.1) is 0 Å². The highest BCUT2D eigenvalue weighted by Gasteiger charge is 2.28. The molecule has 0 saturated carbocycles. The summed E-state index contributed by atoms with van der Waals surface area (Å²) in [6.45, 7) is 2.43. The first-order chi connectivity index (χ1) is 8.33. The first kappa shape index (κ1) is 15.8. The molecule has 1 unspecified atom stereocenters. The molecular weight excluding hydrogens is 377 g/mol. The van der Waals surface area contributed by atoms with Crippen LogP contribution < -0.4 is 4.74 Å². The molecule has 0 aliphatic rings. The average Bonchev–Trinajstić information content (AvgIpc) is 2.25. The van der Waals surface area contributed by atoms with Crippen LogP contribution in [0.1, 0.15) is 30.2 Å². The van der Waals surface area contributed by atoms with E-state index in [0.717, 1.165) is 10.0 Å². The minimum atomic E-state index is -4.12. The minimum Gasteiger partial charge on any atom is -0.494 e. The van der Waals surface area contributed by atoms with Gasteiger partial charge in [-0.15, -0.1) is 0 Å². The molecule has 0 aliphatic carbocycles. The topological polar surface area (TPSA) is 9.23 Å². The summed E-state index contributed by atoms with van der Waals surface area (Å²) in [5, 5.41) is 0. The third-order valence-electron chi connectivity index (χ3n) is 2.30. The summed E-state index contributed by atoms with van der Waals surface area (Å²) in [4.78, 5) is -0.329. The normalized spacial score (nSPS) is 13.4. The highest BCUT2D eigenvalue weighted by atomic mass is 79.9. The van der Waals surface area contributed by atoms with Crippen LogP contribution in [0.25, 0.3) is 0 Å². The highest BCUT2D eigenvalue weighted by molar-refractivity contribution is 9.11. The predicted molar refractivity (Wildman–Crippen MR) is 72.3 cm³/mol. The lowest BCUT2D eigenvalue weighted by molar-refractivity contribution is -0.135. The van der Waals surface area contributed by atoms with Gasteiger partial charge in [0.05, 0.1) is 6.61 Å². The van der Waals surface area contributed by atoms with E-state index >= 15 is 0 Å². The molecule has 1 nitrogen and oxygen atoms in total. The Hall–Kier alpha value is -0.230. The molecule has 1 aromatic rings. The van der Waals surface area contributed by atoms with Crippen molar-refractivity contribution < 1.29 is 17.9 Å². The monoisotopic (exact) mass is 388 g/mol. The van der Waals surface area contributed by atoms with Crippen LogP contribution in [0.3, 0.4) is 0 Å². The molecule has 0 saturated heterocycles. The summed E-state index contributed by atoms with van der Waals surface area (Å²) in [5.74, 6) is 0.698. The number of hydrogen-bond acceptors (Lipinski definition) is 1. The van der Waals surface area contributed by atoms with E-state index in [1.54, 1.807) is 18.2 Å². The van der Waals surface area contributed by atoms with Gasteiger partial charge in [-0.3, -0.25) is 0 Å². The van der Waals surface area contributed by atoms with Gasteiger partial charge < -0.3 is 4.74 Å². The lowest BCUT2D eigenvalue weighted by Gasteiger charge is -2.14. The molecule has 0 N–H and O–H groups in total. The van der Waals surface area contributed by atoms with E-state index < -0.39 is 12.6 Å². The second-order valence-electron chi connectivity index (χ2n) is 3.74. The number of rotatable bonds is 5. The van der Waals surface area contributed by atoms with Crippen molar-refractivity contribution in [1.82, 2.24) is 0 Å². The first-order valence-corrected chi connectivity index (χ1v) is 7.17. The Morgan fingerprint density at radius 2 is 2.00 bits per heavy atom. The summed E-state index contributed by atoms with van der Waals surface area (Å²) < 4.78 is 42.5. The molecule has 0 aliphatic heterocycles. The fraction of sp³-hybridized carbons (Fsp3) is 0.500. The zero-order valence-corrected chi connectivity index (χ0v) is 12.9. The van der Waals surface area contributed by atoms with Gasteiger partial charge in [-0.05, 0) is 31.0 Å². The van der Waals surface area contributed by atoms with Crippen LogP contribution in [-0.2, 0) is 0 Å². The highest BCUT2D eigenvalue weighted by Crippen LogP contribution is 2.37. The summed E-state index contributed by atoms with van der Waals surface area (Å²) in [5.41, 5.74) is 0.794. The molecule has 18 heavy (non-hydrogen) atoms. The molecule has 0 amide bonds. The Morgan fingerprint density at radius 3 is 2.50 bits per heavy atom. The van der Waals surface area contributed by atoms with Gasteiger partial charge in [0.1, 0.15) is 5.75 Å². The van der Waals surface area contributed by atoms with E-state index in [0.29, 0.717) is 12.4 Å². The summed E-state index contributed by atoms with van der Waals surface area (Å²) >= 11 is 6.63. The molecule has 1 rings (SSSR count). The Kier molecular flexibility index (Phi) is 5.98. The van der Waals surface area contributed by atoms with Crippen LogP contribution in [0.15, 0.2) is 22.7 Å². The maximum absolute atomic E-state index is 12.1.